The summed E-state index contributed by atoms with van der Waals surface area (Å²) in [4.78, 5) is 0. The summed E-state index contributed by atoms with van der Waals surface area (Å²) in [6, 6.07) is 1.46. The Balaban J connectivity index is 2.25. The van der Waals surface area contributed by atoms with Crippen molar-refractivity contribution in [2.45, 2.75) is 59.0 Å². The first-order chi connectivity index (χ1) is 6.55. The van der Waals surface area contributed by atoms with Crippen molar-refractivity contribution in [2.75, 3.05) is 0 Å². The maximum absolute atomic E-state index is 3.81. The lowest BCUT2D eigenvalue weighted by Gasteiger charge is -2.37. The standard InChI is InChI=1S/C13H23N/c1-5-11-8-13(4)7-9(2)6-10(3)12(13)14-11/h7,10-12,14H,5-6,8H2,1-4H3. The monoisotopic (exact) mass is 193 g/mol. The van der Waals surface area contributed by atoms with E-state index in [1.165, 1.54) is 19.3 Å². The van der Waals surface area contributed by atoms with Gasteiger partial charge in [-0.25, -0.2) is 0 Å². The summed E-state index contributed by atoms with van der Waals surface area (Å²) in [5.74, 6) is 0.807. The average Bonchev–Trinajstić information content (AvgIpc) is 2.41. The molecule has 1 heterocycles. The SMILES string of the molecule is CCC1CC2(C)C=C(C)CC(C)C2N1. The molecule has 1 saturated heterocycles. The molecule has 0 radical (unpaired) electrons. The van der Waals surface area contributed by atoms with Gasteiger partial charge in [0.1, 0.15) is 0 Å². The van der Waals surface area contributed by atoms with E-state index in [9.17, 15) is 0 Å². The summed E-state index contributed by atoms with van der Waals surface area (Å²) in [7, 11) is 0. The summed E-state index contributed by atoms with van der Waals surface area (Å²) < 4.78 is 0. The summed E-state index contributed by atoms with van der Waals surface area (Å²) in [5, 5.41) is 3.81. The van der Waals surface area contributed by atoms with Crippen LogP contribution in [0, 0.1) is 11.3 Å². The van der Waals surface area contributed by atoms with Gasteiger partial charge in [0, 0.05) is 17.5 Å². The van der Waals surface area contributed by atoms with E-state index in [2.05, 4.69) is 39.1 Å². The Morgan fingerprint density at radius 1 is 1.57 bits per heavy atom. The van der Waals surface area contributed by atoms with Crippen molar-refractivity contribution < 1.29 is 0 Å². The fourth-order valence-corrected chi connectivity index (χ4v) is 3.63. The van der Waals surface area contributed by atoms with E-state index in [-0.39, 0.29) is 0 Å². The third-order valence-corrected chi connectivity index (χ3v) is 4.09. The van der Waals surface area contributed by atoms with Crippen LogP contribution < -0.4 is 5.32 Å². The first-order valence-corrected chi connectivity index (χ1v) is 5.99. The minimum Gasteiger partial charge on any atom is -0.310 e. The molecular weight excluding hydrogens is 170 g/mol. The smallest absolute Gasteiger partial charge is 0.0187 e. The normalized spacial score (nSPS) is 47.4. The summed E-state index contributed by atoms with van der Waals surface area (Å²) >= 11 is 0. The molecule has 1 fully saturated rings. The second-order valence-electron chi connectivity index (χ2n) is 5.63. The van der Waals surface area contributed by atoms with Gasteiger partial charge >= 0.3 is 0 Å². The second kappa shape index (κ2) is 3.37. The molecule has 0 aromatic rings. The Labute approximate surface area is 88.0 Å². The lowest BCUT2D eigenvalue weighted by atomic mass is 9.69. The number of rotatable bonds is 1. The van der Waals surface area contributed by atoms with Crippen molar-refractivity contribution in [3.05, 3.63) is 11.6 Å². The second-order valence-corrected chi connectivity index (χ2v) is 5.63. The van der Waals surface area contributed by atoms with Gasteiger partial charge in [0.25, 0.3) is 0 Å². The van der Waals surface area contributed by atoms with E-state index < -0.39 is 0 Å². The van der Waals surface area contributed by atoms with E-state index in [4.69, 9.17) is 0 Å². The summed E-state index contributed by atoms with van der Waals surface area (Å²) in [6.45, 7) is 9.40. The Kier molecular flexibility index (Phi) is 2.46. The van der Waals surface area contributed by atoms with Gasteiger partial charge in [-0.15, -0.1) is 0 Å². The highest BCUT2D eigenvalue weighted by atomic mass is 15.0. The predicted octanol–water partition coefficient (Wildman–Crippen LogP) is 3.12. The summed E-state index contributed by atoms with van der Waals surface area (Å²) in [5.41, 5.74) is 2.03. The van der Waals surface area contributed by atoms with Gasteiger partial charge in [0.15, 0.2) is 0 Å². The summed E-state index contributed by atoms with van der Waals surface area (Å²) in [6.07, 6.45) is 6.41. The Bertz CT molecular complexity index is 256. The van der Waals surface area contributed by atoms with E-state index in [0.29, 0.717) is 5.41 Å². The zero-order chi connectivity index (χ0) is 10.3. The van der Waals surface area contributed by atoms with Crippen LogP contribution in [0.3, 0.4) is 0 Å². The lowest BCUT2D eigenvalue weighted by Crippen LogP contribution is -2.42. The van der Waals surface area contributed by atoms with E-state index in [0.717, 1.165) is 18.0 Å². The Hall–Kier alpha value is -0.300. The fourth-order valence-electron chi connectivity index (χ4n) is 3.63. The number of nitrogens with one attached hydrogen (secondary N) is 1. The zero-order valence-corrected chi connectivity index (χ0v) is 9.93. The molecule has 1 aliphatic carbocycles. The third kappa shape index (κ3) is 1.52. The molecule has 1 aliphatic heterocycles. The molecule has 0 spiro atoms. The fraction of sp³-hybridized carbons (Fsp3) is 0.846. The van der Waals surface area contributed by atoms with Gasteiger partial charge in [0.2, 0.25) is 0 Å². The lowest BCUT2D eigenvalue weighted by molar-refractivity contribution is 0.256. The highest BCUT2D eigenvalue weighted by molar-refractivity contribution is 5.20. The largest absolute Gasteiger partial charge is 0.310 e. The minimum absolute atomic E-state index is 0.433. The van der Waals surface area contributed by atoms with Crippen LogP contribution in [0.25, 0.3) is 0 Å². The molecule has 0 bridgehead atoms. The van der Waals surface area contributed by atoms with Crippen LogP contribution in [0.5, 0.6) is 0 Å². The molecule has 4 atom stereocenters. The van der Waals surface area contributed by atoms with Crippen LogP contribution in [0.15, 0.2) is 11.6 Å². The molecule has 0 saturated carbocycles. The van der Waals surface area contributed by atoms with E-state index in [1.807, 2.05) is 0 Å². The van der Waals surface area contributed by atoms with Gasteiger partial charge in [-0.2, -0.15) is 0 Å². The average molecular weight is 193 g/mol. The molecule has 0 aromatic heterocycles. The molecule has 0 aromatic carbocycles. The number of allylic oxidation sites excluding steroid dienone is 1. The Morgan fingerprint density at radius 3 is 2.93 bits per heavy atom. The van der Waals surface area contributed by atoms with Crippen LogP contribution >= 0.6 is 0 Å². The highest BCUT2D eigenvalue weighted by Gasteiger charge is 2.45. The maximum atomic E-state index is 3.81. The molecular formula is C13H23N. The molecule has 2 rings (SSSR count). The van der Waals surface area contributed by atoms with Crippen LogP contribution in [0.1, 0.15) is 47.0 Å². The highest BCUT2D eigenvalue weighted by Crippen LogP contribution is 2.45. The molecule has 1 N–H and O–H groups in total. The van der Waals surface area contributed by atoms with Crippen LogP contribution in [0.2, 0.25) is 0 Å². The van der Waals surface area contributed by atoms with Crippen molar-refractivity contribution in [1.29, 1.82) is 0 Å². The van der Waals surface area contributed by atoms with E-state index in [1.54, 1.807) is 5.57 Å². The molecule has 14 heavy (non-hydrogen) atoms. The van der Waals surface area contributed by atoms with Gasteiger partial charge in [-0.05, 0) is 32.1 Å². The van der Waals surface area contributed by atoms with Crippen molar-refractivity contribution in [3.8, 4) is 0 Å². The minimum atomic E-state index is 0.433. The van der Waals surface area contributed by atoms with Crippen molar-refractivity contribution in [2.24, 2.45) is 11.3 Å². The number of fused-ring (bicyclic) bond motifs is 1. The number of hydrogen-bond donors (Lipinski definition) is 1. The van der Waals surface area contributed by atoms with Gasteiger partial charge < -0.3 is 5.32 Å². The third-order valence-electron chi connectivity index (χ3n) is 4.09. The molecule has 2 aliphatic rings. The van der Waals surface area contributed by atoms with Crippen molar-refractivity contribution >= 4 is 0 Å². The van der Waals surface area contributed by atoms with Crippen LogP contribution in [-0.2, 0) is 0 Å². The molecule has 1 nitrogen and oxygen atoms in total. The number of hydrogen-bond acceptors (Lipinski definition) is 1. The van der Waals surface area contributed by atoms with Crippen molar-refractivity contribution in [1.82, 2.24) is 5.32 Å². The first-order valence-electron chi connectivity index (χ1n) is 5.99. The predicted molar refractivity (Wildman–Crippen MR) is 61.3 cm³/mol. The van der Waals surface area contributed by atoms with Gasteiger partial charge in [0.05, 0.1) is 0 Å². The zero-order valence-electron chi connectivity index (χ0n) is 9.93. The Morgan fingerprint density at radius 2 is 2.29 bits per heavy atom. The van der Waals surface area contributed by atoms with Crippen molar-refractivity contribution in [3.63, 3.8) is 0 Å². The van der Waals surface area contributed by atoms with E-state index >= 15 is 0 Å². The van der Waals surface area contributed by atoms with Gasteiger partial charge in [-0.1, -0.05) is 32.4 Å². The topological polar surface area (TPSA) is 12.0 Å². The van der Waals surface area contributed by atoms with Gasteiger partial charge in [-0.3, -0.25) is 0 Å². The quantitative estimate of drug-likeness (QED) is 0.631. The molecule has 4 unspecified atom stereocenters. The molecule has 0 amide bonds. The maximum Gasteiger partial charge on any atom is 0.0187 e. The van der Waals surface area contributed by atoms with Crippen LogP contribution in [0.4, 0.5) is 0 Å². The first kappa shape index (κ1) is 10.2. The molecule has 1 heteroatoms. The molecule has 80 valence electrons. The van der Waals surface area contributed by atoms with Crippen LogP contribution in [-0.4, -0.2) is 12.1 Å².